The largest absolute Gasteiger partial charge is 0.573 e. The van der Waals surface area contributed by atoms with Gasteiger partial charge >= 0.3 is 6.36 Å². The summed E-state index contributed by atoms with van der Waals surface area (Å²) < 4.78 is 40.4. The number of alkyl halides is 3. The standard InChI is InChI=1S/C16H21F3N2O/c17-16(18,19)22-15-5-3-13(4-6-15)21-11-7-14(8-12-21)20-9-1-2-10-20/h3-6,14H,1-2,7-12H2. The quantitative estimate of drug-likeness (QED) is 0.847. The van der Waals surface area contributed by atoms with E-state index in [9.17, 15) is 13.2 Å². The number of rotatable bonds is 3. The first kappa shape index (κ1) is 15.5. The highest BCUT2D eigenvalue weighted by Gasteiger charge is 2.31. The van der Waals surface area contributed by atoms with Crippen LogP contribution in [-0.4, -0.2) is 43.5 Å². The fraction of sp³-hybridized carbons (Fsp3) is 0.625. The molecule has 0 radical (unpaired) electrons. The van der Waals surface area contributed by atoms with Gasteiger partial charge in [-0.25, -0.2) is 0 Å². The molecule has 0 bridgehead atoms. The average Bonchev–Trinajstić information content (AvgIpc) is 3.01. The van der Waals surface area contributed by atoms with Crippen molar-refractivity contribution in [2.45, 2.75) is 38.1 Å². The third kappa shape index (κ3) is 3.85. The van der Waals surface area contributed by atoms with Crippen LogP contribution in [0.3, 0.4) is 0 Å². The molecule has 0 N–H and O–H groups in total. The van der Waals surface area contributed by atoms with E-state index in [2.05, 4.69) is 14.5 Å². The highest BCUT2D eigenvalue weighted by Crippen LogP contribution is 2.28. The molecule has 2 aliphatic heterocycles. The molecule has 0 aromatic heterocycles. The van der Waals surface area contributed by atoms with Gasteiger partial charge in [-0.15, -0.1) is 13.2 Å². The van der Waals surface area contributed by atoms with Crippen molar-refractivity contribution in [3.8, 4) is 5.75 Å². The highest BCUT2D eigenvalue weighted by atomic mass is 19.4. The van der Waals surface area contributed by atoms with E-state index >= 15 is 0 Å². The van der Waals surface area contributed by atoms with Crippen LogP contribution in [0.4, 0.5) is 18.9 Å². The molecule has 2 saturated heterocycles. The number of benzene rings is 1. The summed E-state index contributed by atoms with van der Waals surface area (Å²) >= 11 is 0. The number of ether oxygens (including phenoxy) is 1. The van der Waals surface area contributed by atoms with E-state index in [0.717, 1.165) is 31.6 Å². The highest BCUT2D eigenvalue weighted by molar-refractivity contribution is 5.49. The summed E-state index contributed by atoms with van der Waals surface area (Å²) in [6.07, 6.45) is 0.235. The molecule has 0 atom stereocenters. The van der Waals surface area contributed by atoms with Gasteiger partial charge in [0, 0.05) is 24.8 Å². The maximum Gasteiger partial charge on any atom is 0.573 e. The average molecular weight is 314 g/mol. The van der Waals surface area contributed by atoms with Crippen molar-refractivity contribution in [3.63, 3.8) is 0 Å². The monoisotopic (exact) mass is 314 g/mol. The van der Waals surface area contributed by atoms with E-state index in [-0.39, 0.29) is 5.75 Å². The van der Waals surface area contributed by atoms with Crippen molar-refractivity contribution >= 4 is 5.69 Å². The van der Waals surface area contributed by atoms with E-state index in [4.69, 9.17) is 0 Å². The van der Waals surface area contributed by atoms with E-state index in [1.54, 1.807) is 12.1 Å². The molecule has 122 valence electrons. The zero-order chi connectivity index (χ0) is 15.6. The number of nitrogens with zero attached hydrogens (tertiary/aromatic N) is 2. The van der Waals surface area contributed by atoms with Crippen LogP contribution in [0.5, 0.6) is 5.75 Å². The van der Waals surface area contributed by atoms with E-state index in [1.165, 1.54) is 38.1 Å². The van der Waals surface area contributed by atoms with Gasteiger partial charge in [0.25, 0.3) is 0 Å². The second-order valence-electron chi connectivity index (χ2n) is 6.00. The summed E-state index contributed by atoms with van der Waals surface area (Å²) in [6.45, 7) is 4.35. The molecule has 3 nitrogen and oxygen atoms in total. The zero-order valence-corrected chi connectivity index (χ0v) is 12.5. The van der Waals surface area contributed by atoms with Gasteiger partial charge < -0.3 is 14.5 Å². The van der Waals surface area contributed by atoms with Gasteiger partial charge in [0.15, 0.2) is 0 Å². The third-order valence-electron chi connectivity index (χ3n) is 4.56. The van der Waals surface area contributed by atoms with E-state index in [0.29, 0.717) is 6.04 Å². The fourth-order valence-corrected chi connectivity index (χ4v) is 3.45. The van der Waals surface area contributed by atoms with Crippen LogP contribution in [0, 0.1) is 0 Å². The molecule has 3 rings (SSSR count). The first-order valence-electron chi connectivity index (χ1n) is 7.86. The van der Waals surface area contributed by atoms with Crippen LogP contribution in [0.25, 0.3) is 0 Å². The maximum atomic E-state index is 12.2. The maximum absolute atomic E-state index is 12.2. The summed E-state index contributed by atoms with van der Waals surface area (Å²) in [5, 5.41) is 0. The Hall–Kier alpha value is -1.43. The minimum Gasteiger partial charge on any atom is -0.406 e. The molecule has 6 heteroatoms. The molecule has 2 aliphatic rings. The Morgan fingerprint density at radius 2 is 1.50 bits per heavy atom. The van der Waals surface area contributed by atoms with Crippen molar-refractivity contribution in [2.24, 2.45) is 0 Å². The normalized spacial score (nSPS) is 21.3. The summed E-state index contributed by atoms with van der Waals surface area (Å²) in [7, 11) is 0. The van der Waals surface area contributed by atoms with Gasteiger partial charge in [-0.05, 0) is 63.0 Å². The summed E-state index contributed by atoms with van der Waals surface area (Å²) in [6, 6.07) is 6.85. The van der Waals surface area contributed by atoms with Crippen LogP contribution in [0.15, 0.2) is 24.3 Å². The van der Waals surface area contributed by atoms with Gasteiger partial charge in [-0.2, -0.15) is 0 Å². The van der Waals surface area contributed by atoms with Crippen molar-refractivity contribution in [2.75, 3.05) is 31.1 Å². The third-order valence-corrected chi connectivity index (χ3v) is 4.56. The van der Waals surface area contributed by atoms with Crippen molar-refractivity contribution in [3.05, 3.63) is 24.3 Å². The van der Waals surface area contributed by atoms with Crippen LogP contribution < -0.4 is 9.64 Å². The Morgan fingerprint density at radius 3 is 2.05 bits per heavy atom. The lowest BCUT2D eigenvalue weighted by atomic mass is 10.0. The number of halogens is 3. The smallest absolute Gasteiger partial charge is 0.406 e. The molecule has 0 amide bonds. The molecule has 2 heterocycles. The topological polar surface area (TPSA) is 15.7 Å². The van der Waals surface area contributed by atoms with Gasteiger partial charge in [-0.3, -0.25) is 0 Å². The molecule has 22 heavy (non-hydrogen) atoms. The van der Waals surface area contributed by atoms with E-state index < -0.39 is 6.36 Å². The second kappa shape index (κ2) is 6.36. The summed E-state index contributed by atoms with van der Waals surface area (Å²) in [4.78, 5) is 4.82. The first-order chi connectivity index (χ1) is 10.5. The predicted molar refractivity (Wildman–Crippen MR) is 79.2 cm³/mol. The SMILES string of the molecule is FC(F)(F)Oc1ccc(N2CCC(N3CCCC3)CC2)cc1. The Kier molecular flexibility index (Phi) is 4.47. The Labute approximate surface area is 128 Å². The minimum atomic E-state index is -4.63. The Bertz CT molecular complexity index is 475. The van der Waals surface area contributed by atoms with Crippen LogP contribution >= 0.6 is 0 Å². The molecule has 0 saturated carbocycles. The molecule has 1 aromatic rings. The number of anilines is 1. The van der Waals surface area contributed by atoms with Gasteiger partial charge in [0.05, 0.1) is 0 Å². The lowest BCUT2D eigenvalue weighted by Gasteiger charge is -2.37. The zero-order valence-electron chi connectivity index (χ0n) is 12.5. The second-order valence-corrected chi connectivity index (χ2v) is 6.00. The first-order valence-corrected chi connectivity index (χ1v) is 7.86. The van der Waals surface area contributed by atoms with Gasteiger partial charge in [-0.1, -0.05) is 0 Å². The predicted octanol–water partition coefficient (Wildman–Crippen LogP) is 3.65. The van der Waals surface area contributed by atoms with E-state index in [1.807, 2.05) is 0 Å². The number of hydrogen-bond acceptors (Lipinski definition) is 3. The fourth-order valence-electron chi connectivity index (χ4n) is 3.45. The summed E-state index contributed by atoms with van der Waals surface area (Å²) in [5.41, 5.74) is 0.967. The lowest BCUT2D eigenvalue weighted by molar-refractivity contribution is -0.274. The van der Waals surface area contributed by atoms with Crippen molar-refractivity contribution < 1.29 is 17.9 Å². The lowest BCUT2D eigenvalue weighted by Crippen LogP contribution is -2.43. The van der Waals surface area contributed by atoms with Crippen molar-refractivity contribution in [1.29, 1.82) is 0 Å². The Morgan fingerprint density at radius 1 is 0.909 bits per heavy atom. The summed E-state index contributed by atoms with van der Waals surface area (Å²) in [5.74, 6) is -0.164. The molecule has 0 spiro atoms. The van der Waals surface area contributed by atoms with Crippen LogP contribution in [0.1, 0.15) is 25.7 Å². The van der Waals surface area contributed by atoms with Crippen LogP contribution in [0.2, 0.25) is 0 Å². The number of likely N-dealkylation sites (tertiary alicyclic amines) is 1. The minimum absolute atomic E-state index is 0.164. The van der Waals surface area contributed by atoms with Gasteiger partial charge in [0.1, 0.15) is 5.75 Å². The molecule has 0 aliphatic carbocycles. The molecule has 1 aromatic carbocycles. The Balaban J connectivity index is 1.54. The molecule has 0 unspecified atom stereocenters. The number of piperidine rings is 1. The molecule has 2 fully saturated rings. The van der Waals surface area contributed by atoms with Gasteiger partial charge in [0.2, 0.25) is 0 Å². The number of hydrogen-bond donors (Lipinski definition) is 0. The molecular weight excluding hydrogens is 293 g/mol. The van der Waals surface area contributed by atoms with Crippen molar-refractivity contribution in [1.82, 2.24) is 4.90 Å². The molecular formula is C16H21F3N2O. The van der Waals surface area contributed by atoms with Crippen LogP contribution in [-0.2, 0) is 0 Å².